The van der Waals surface area contributed by atoms with Crippen LogP contribution in [0.4, 0.5) is 5.82 Å². The highest BCUT2D eigenvalue weighted by Crippen LogP contribution is 2.17. The van der Waals surface area contributed by atoms with Crippen molar-refractivity contribution in [3.8, 4) is 0 Å². The fourth-order valence-corrected chi connectivity index (χ4v) is 2.56. The molecule has 0 spiro atoms. The van der Waals surface area contributed by atoms with E-state index in [-0.39, 0.29) is 0 Å². The predicted molar refractivity (Wildman–Crippen MR) is 72.0 cm³/mol. The maximum atomic E-state index is 10.6. The number of hydrogen-bond donors (Lipinski definition) is 1. The summed E-state index contributed by atoms with van der Waals surface area (Å²) in [5.74, 6) is 2.87. The Balaban J connectivity index is 2.04. The van der Waals surface area contributed by atoms with Crippen LogP contribution in [0.5, 0.6) is 0 Å². The van der Waals surface area contributed by atoms with E-state index < -0.39 is 5.91 Å². The van der Waals surface area contributed by atoms with Gasteiger partial charge in [-0.25, -0.2) is 4.98 Å². The molecule has 0 radical (unpaired) electrons. The van der Waals surface area contributed by atoms with E-state index in [1.165, 1.54) is 6.08 Å². The highest BCUT2D eigenvalue weighted by atomic mass is 32.2. The zero-order valence-electron chi connectivity index (χ0n) is 9.50. The molecule has 0 bridgehead atoms. The minimum absolute atomic E-state index is 0.442. The van der Waals surface area contributed by atoms with Crippen molar-refractivity contribution in [3.05, 3.63) is 30.0 Å². The quantitative estimate of drug-likeness (QED) is 0.816. The van der Waals surface area contributed by atoms with Crippen molar-refractivity contribution in [1.82, 2.24) is 4.98 Å². The Morgan fingerprint density at radius 2 is 2.18 bits per heavy atom. The van der Waals surface area contributed by atoms with Gasteiger partial charge < -0.3 is 10.6 Å². The Kier molecular flexibility index (Phi) is 4.03. The molecule has 1 aromatic heterocycles. The minimum atomic E-state index is -0.442. The van der Waals surface area contributed by atoms with Crippen LogP contribution in [0.3, 0.4) is 0 Å². The maximum absolute atomic E-state index is 10.6. The van der Waals surface area contributed by atoms with Crippen LogP contribution in [0, 0.1) is 0 Å². The summed E-state index contributed by atoms with van der Waals surface area (Å²) in [4.78, 5) is 17.3. The standard InChI is InChI=1S/C12H15N3OS/c13-11(16)3-1-10-2-4-12(14-9-10)15-5-7-17-8-6-15/h1-4,9H,5-8H2,(H2,13,16)/b3-1-. The van der Waals surface area contributed by atoms with Crippen molar-refractivity contribution < 1.29 is 4.79 Å². The van der Waals surface area contributed by atoms with Crippen molar-refractivity contribution >= 4 is 29.6 Å². The number of carbonyl (C=O) groups excluding carboxylic acids is 1. The van der Waals surface area contributed by atoms with E-state index in [4.69, 9.17) is 5.73 Å². The predicted octanol–water partition coefficient (Wildman–Crippen LogP) is 1.13. The fourth-order valence-electron chi connectivity index (χ4n) is 1.65. The van der Waals surface area contributed by atoms with E-state index in [1.807, 2.05) is 23.9 Å². The number of nitrogens with zero attached hydrogens (tertiary/aromatic N) is 2. The van der Waals surface area contributed by atoms with Gasteiger partial charge in [-0.1, -0.05) is 0 Å². The molecule has 0 saturated carbocycles. The van der Waals surface area contributed by atoms with Crippen molar-refractivity contribution in [2.75, 3.05) is 29.5 Å². The average molecular weight is 249 g/mol. The molecule has 17 heavy (non-hydrogen) atoms. The topological polar surface area (TPSA) is 59.2 Å². The van der Waals surface area contributed by atoms with Gasteiger partial charge in [-0.05, 0) is 23.8 Å². The highest BCUT2D eigenvalue weighted by molar-refractivity contribution is 7.99. The molecule has 2 rings (SSSR count). The average Bonchev–Trinajstić information content (AvgIpc) is 2.38. The summed E-state index contributed by atoms with van der Waals surface area (Å²) in [5.41, 5.74) is 5.92. The molecule has 0 atom stereocenters. The Bertz CT molecular complexity index is 410. The molecule has 0 aromatic carbocycles. The van der Waals surface area contributed by atoms with Crippen molar-refractivity contribution in [1.29, 1.82) is 0 Å². The third-order valence-corrected chi connectivity index (χ3v) is 3.49. The van der Waals surface area contributed by atoms with Crippen LogP contribution in [0.25, 0.3) is 6.08 Å². The number of aromatic nitrogens is 1. The SMILES string of the molecule is NC(=O)/C=C\c1ccc(N2CCSCC2)nc1. The lowest BCUT2D eigenvalue weighted by atomic mass is 10.2. The second kappa shape index (κ2) is 5.72. The number of thioether (sulfide) groups is 1. The monoisotopic (exact) mass is 249 g/mol. The number of primary amides is 1. The number of carbonyl (C=O) groups is 1. The maximum Gasteiger partial charge on any atom is 0.241 e. The van der Waals surface area contributed by atoms with Crippen LogP contribution in [0.15, 0.2) is 24.4 Å². The molecular formula is C12H15N3OS. The van der Waals surface area contributed by atoms with Gasteiger partial charge in [0.05, 0.1) is 0 Å². The van der Waals surface area contributed by atoms with Gasteiger partial charge in [0.1, 0.15) is 5.82 Å². The van der Waals surface area contributed by atoms with E-state index >= 15 is 0 Å². The van der Waals surface area contributed by atoms with Gasteiger partial charge in [-0.15, -0.1) is 0 Å². The first-order valence-corrected chi connectivity index (χ1v) is 6.67. The summed E-state index contributed by atoms with van der Waals surface area (Å²) in [6.45, 7) is 2.10. The Labute approximate surface area is 105 Å². The van der Waals surface area contributed by atoms with Crippen LogP contribution in [0.1, 0.15) is 5.56 Å². The van der Waals surface area contributed by atoms with Gasteiger partial charge in [0.25, 0.3) is 0 Å². The molecule has 2 heterocycles. The fraction of sp³-hybridized carbons (Fsp3) is 0.333. The number of anilines is 1. The molecule has 2 N–H and O–H groups in total. The third kappa shape index (κ3) is 3.49. The van der Waals surface area contributed by atoms with Gasteiger partial charge >= 0.3 is 0 Å². The van der Waals surface area contributed by atoms with Gasteiger partial charge in [-0.2, -0.15) is 11.8 Å². The van der Waals surface area contributed by atoms with E-state index in [0.717, 1.165) is 36.0 Å². The number of rotatable bonds is 3. The zero-order valence-corrected chi connectivity index (χ0v) is 10.3. The lowest BCUT2D eigenvalue weighted by Crippen LogP contribution is -2.32. The minimum Gasteiger partial charge on any atom is -0.366 e. The normalized spacial score (nSPS) is 16.4. The van der Waals surface area contributed by atoms with Crippen LogP contribution in [-0.2, 0) is 4.79 Å². The first-order valence-electron chi connectivity index (χ1n) is 5.52. The number of amides is 1. The molecule has 4 nitrogen and oxygen atoms in total. The smallest absolute Gasteiger partial charge is 0.241 e. The molecular weight excluding hydrogens is 234 g/mol. The van der Waals surface area contributed by atoms with E-state index in [0.29, 0.717) is 0 Å². The molecule has 0 unspecified atom stereocenters. The first kappa shape index (κ1) is 12.0. The van der Waals surface area contributed by atoms with Crippen LogP contribution in [-0.4, -0.2) is 35.5 Å². The summed E-state index contributed by atoms with van der Waals surface area (Å²) in [6, 6.07) is 3.93. The molecule has 1 amide bonds. The second-order valence-corrected chi connectivity index (χ2v) is 5.01. The lowest BCUT2D eigenvalue weighted by Gasteiger charge is -2.27. The van der Waals surface area contributed by atoms with E-state index in [1.54, 1.807) is 12.3 Å². The number of pyridine rings is 1. The largest absolute Gasteiger partial charge is 0.366 e. The van der Waals surface area contributed by atoms with Gasteiger partial charge in [0.15, 0.2) is 0 Å². The third-order valence-electron chi connectivity index (χ3n) is 2.55. The molecule has 5 heteroatoms. The Hall–Kier alpha value is -1.49. The summed E-state index contributed by atoms with van der Waals surface area (Å²) in [5, 5.41) is 0. The van der Waals surface area contributed by atoms with Crippen molar-refractivity contribution in [2.45, 2.75) is 0 Å². The van der Waals surface area contributed by atoms with Crippen LogP contribution >= 0.6 is 11.8 Å². The van der Waals surface area contributed by atoms with Gasteiger partial charge in [0.2, 0.25) is 5.91 Å². The number of nitrogens with two attached hydrogens (primary N) is 1. The van der Waals surface area contributed by atoms with E-state index in [9.17, 15) is 4.79 Å². The lowest BCUT2D eigenvalue weighted by molar-refractivity contribution is -0.113. The van der Waals surface area contributed by atoms with Crippen molar-refractivity contribution in [3.63, 3.8) is 0 Å². The molecule has 1 aromatic rings. The van der Waals surface area contributed by atoms with Crippen LogP contribution < -0.4 is 10.6 Å². The summed E-state index contributed by atoms with van der Waals surface area (Å²) in [6.07, 6.45) is 4.77. The first-order chi connectivity index (χ1) is 8.25. The van der Waals surface area contributed by atoms with Gasteiger partial charge in [0, 0.05) is 36.9 Å². The highest BCUT2D eigenvalue weighted by Gasteiger charge is 2.11. The Morgan fingerprint density at radius 3 is 2.76 bits per heavy atom. The molecule has 1 fully saturated rings. The number of hydrogen-bond acceptors (Lipinski definition) is 4. The molecule has 90 valence electrons. The van der Waals surface area contributed by atoms with E-state index in [2.05, 4.69) is 9.88 Å². The summed E-state index contributed by atoms with van der Waals surface area (Å²) in [7, 11) is 0. The summed E-state index contributed by atoms with van der Waals surface area (Å²) < 4.78 is 0. The zero-order chi connectivity index (χ0) is 12.1. The summed E-state index contributed by atoms with van der Waals surface area (Å²) >= 11 is 1.98. The van der Waals surface area contributed by atoms with Crippen LogP contribution in [0.2, 0.25) is 0 Å². The van der Waals surface area contributed by atoms with Crippen molar-refractivity contribution in [2.24, 2.45) is 5.73 Å². The second-order valence-electron chi connectivity index (χ2n) is 3.78. The molecule has 1 aliphatic rings. The Morgan fingerprint density at radius 1 is 1.41 bits per heavy atom. The molecule has 0 aliphatic carbocycles. The van der Waals surface area contributed by atoms with Gasteiger partial charge in [-0.3, -0.25) is 4.79 Å². The molecule has 1 saturated heterocycles. The molecule has 1 aliphatic heterocycles.